The topological polar surface area (TPSA) is 55.8 Å². The molecule has 1 fully saturated rings. The van der Waals surface area contributed by atoms with Crippen LogP contribution in [0.15, 0.2) is 36.4 Å². The van der Waals surface area contributed by atoms with E-state index in [0.717, 1.165) is 16.9 Å². The zero-order chi connectivity index (χ0) is 23.0. The van der Waals surface area contributed by atoms with Crippen molar-refractivity contribution >= 4 is 11.7 Å². The molecule has 5 nitrogen and oxygen atoms in total. The molecule has 0 aromatic heterocycles. The fraction of sp³-hybridized carbons (Fsp3) is 0.481. The predicted molar refractivity (Wildman–Crippen MR) is 125 cm³/mol. The monoisotopic (exact) mass is 435 g/mol. The molecule has 0 radical (unpaired) electrons. The van der Waals surface area contributed by atoms with Crippen LogP contribution in [-0.4, -0.2) is 41.4 Å². The molecule has 0 N–H and O–H groups in total. The average Bonchev–Trinajstić information content (AvgIpc) is 2.77. The standard InChI is InChI=1S/C27H33NO4/c1-17(2)21-7-9-22(10-8-21)31-20(5)26(30)28-14-12-27(13-15-28)16-24(29)23-11-6-18(3)19(4)25(23)32-27/h6-11,17,20H,12-16H2,1-5H3. The Morgan fingerprint density at radius 1 is 1.03 bits per heavy atom. The van der Waals surface area contributed by atoms with Crippen LogP contribution in [0.3, 0.4) is 0 Å². The number of amides is 1. The summed E-state index contributed by atoms with van der Waals surface area (Å²) >= 11 is 0. The number of likely N-dealkylation sites (tertiary alicyclic amines) is 1. The minimum absolute atomic E-state index is 0.0256. The second kappa shape index (κ2) is 8.61. The van der Waals surface area contributed by atoms with Crippen molar-refractivity contribution < 1.29 is 19.1 Å². The molecule has 0 aliphatic carbocycles. The van der Waals surface area contributed by atoms with Gasteiger partial charge in [-0.15, -0.1) is 0 Å². The summed E-state index contributed by atoms with van der Waals surface area (Å²) in [5.74, 6) is 1.99. The van der Waals surface area contributed by atoms with Crippen LogP contribution in [0.2, 0.25) is 0 Å². The summed E-state index contributed by atoms with van der Waals surface area (Å²) in [5.41, 5.74) is 3.55. The highest BCUT2D eigenvalue weighted by molar-refractivity contribution is 6.01. The van der Waals surface area contributed by atoms with Crippen LogP contribution in [0.1, 0.15) is 73.0 Å². The van der Waals surface area contributed by atoms with Crippen LogP contribution in [0, 0.1) is 13.8 Å². The van der Waals surface area contributed by atoms with Gasteiger partial charge in [0.1, 0.15) is 17.1 Å². The van der Waals surface area contributed by atoms with Crippen molar-refractivity contribution in [2.24, 2.45) is 0 Å². The van der Waals surface area contributed by atoms with E-state index in [-0.39, 0.29) is 11.7 Å². The van der Waals surface area contributed by atoms with Crippen LogP contribution in [-0.2, 0) is 4.79 Å². The lowest BCUT2D eigenvalue weighted by Crippen LogP contribution is -2.54. The Bertz CT molecular complexity index is 1020. The lowest BCUT2D eigenvalue weighted by atomic mass is 9.81. The minimum atomic E-state index is -0.562. The number of carbonyl (C=O) groups is 2. The smallest absolute Gasteiger partial charge is 0.263 e. The van der Waals surface area contributed by atoms with Gasteiger partial charge in [-0.3, -0.25) is 9.59 Å². The van der Waals surface area contributed by atoms with Gasteiger partial charge in [0.25, 0.3) is 5.91 Å². The number of hydrogen-bond acceptors (Lipinski definition) is 4. The highest BCUT2D eigenvalue weighted by Crippen LogP contribution is 2.41. The van der Waals surface area contributed by atoms with Crippen LogP contribution in [0.5, 0.6) is 11.5 Å². The maximum absolute atomic E-state index is 13.0. The second-order valence-electron chi connectivity index (χ2n) is 9.58. The molecule has 1 spiro atoms. The van der Waals surface area contributed by atoms with Gasteiger partial charge in [-0.2, -0.15) is 0 Å². The average molecular weight is 436 g/mol. The predicted octanol–water partition coefficient (Wildman–Crippen LogP) is 5.22. The third-order valence-corrected chi connectivity index (χ3v) is 6.97. The van der Waals surface area contributed by atoms with Gasteiger partial charge in [-0.1, -0.05) is 32.0 Å². The van der Waals surface area contributed by atoms with Crippen molar-refractivity contribution in [3.05, 3.63) is 58.7 Å². The molecule has 32 heavy (non-hydrogen) atoms. The summed E-state index contributed by atoms with van der Waals surface area (Å²) < 4.78 is 12.4. The van der Waals surface area contributed by atoms with Crippen molar-refractivity contribution in [1.82, 2.24) is 4.90 Å². The SMILES string of the molecule is Cc1ccc2c(c1C)OC1(CCN(C(=O)C(C)Oc3ccc(C(C)C)cc3)CC1)CC2=O. The molecule has 2 heterocycles. The number of aryl methyl sites for hydroxylation is 1. The first kappa shape index (κ1) is 22.4. The Labute approximate surface area is 190 Å². The number of rotatable bonds is 4. The van der Waals surface area contributed by atoms with Crippen LogP contribution in [0.25, 0.3) is 0 Å². The summed E-state index contributed by atoms with van der Waals surface area (Å²) in [7, 11) is 0. The van der Waals surface area contributed by atoms with E-state index < -0.39 is 11.7 Å². The minimum Gasteiger partial charge on any atom is -0.486 e. The van der Waals surface area contributed by atoms with E-state index in [1.54, 1.807) is 6.92 Å². The third kappa shape index (κ3) is 4.25. The maximum Gasteiger partial charge on any atom is 0.263 e. The van der Waals surface area contributed by atoms with Gasteiger partial charge in [0.2, 0.25) is 0 Å². The summed E-state index contributed by atoms with van der Waals surface area (Å²) in [6.45, 7) is 11.3. The largest absolute Gasteiger partial charge is 0.486 e. The number of carbonyl (C=O) groups excluding carboxylic acids is 2. The molecule has 1 unspecified atom stereocenters. The molecular weight excluding hydrogens is 402 g/mol. The van der Waals surface area contributed by atoms with E-state index >= 15 is 0 Å². The van der Waals surface area contributed by atoms with E-state index in [1.165, 1.54) is 5.56 Å². The number of ketones is 1. The Morgan fingerprint density at radius 3 is 2.31 bits per heavy atom. The van der Waals surface area contributed by atoms with Crippen molar-refractivity contribution in [3.8, 4) is 11.5 Å². The van der Waals surface area contributed by atoms with Crippen LogP contribution < -0.4 is 9.47 Å². The second-order valence-corrected chi connectivity index (χ2v) is 9.58. The first-order chi connectivity index (χ1) is 15.2. The Kier molecular flexibility index (Phi) is 6.02. The fourth-order valence-corrected chi connectivity index (χ4v) is 4.64. The van der Waals surface area contributed by atoms with Crippen LogP contribution >= 0.6 is 0 Å². The third-order valence-electron chi connectivity index (χ3n) is 6.97. The molecular formula is C27H33NO4. The molecule has 1 saturated heterocycles. The van der Waals surface area contributed by atoms with Gasteiger partial charge in [0, 0.05) is 25.9 Å². The van der Waals surface area contributed by atoms with Crippen LogP contribution in [0.4, 0.5) is 0 Å². The fourth-order valence-electron chi connectivity index (χ4n) is 4.64. The summed E-state index contributed by atoms with van der Waals surface area (Å²) in [6, 6.07) is 11.8. The number of fused-ring (bicyclic) bond motifs is 1. The Hall–Kier alpha value is -2.82. The molecule has 2 aromatic rings. The number of hydrogen-bond donors (Lipinski definition) is 0. The summed E-state index contributed by atoms with van der Waals surface area (Å²) in [6.07, 6.45) is 1.10. The zero-order valence-electron chi connectivity index (χ0n) is 19.7. The number of ether oxygens (including phenoxy) is 2. The molecule has 170 valence electrons. The van der Waals surface area contributed by atoms with E-state index in [9.17, 15) is 9.59 Å². The van der Waals surface area contributed by atoms with Gasteiger partial charge in [-0.25, -0.2) is 0 Å². The van der Waals surface area contributed by atoms with Crippen molar-refractivity contribution in [3.63, 3.8) is 0 Å². The molecule has 0 saturated carbocycles. The van der Waals surface area contributed by atoms with E-state index in [1.807, 2.05) is 55.1 Å². The molecule has 1 atom stereocenters. The zero-order valence-corrected chi connectivity index (χ0v) is 19.7. The molecule has 2 aliphatic rings. The van der Waals surface area contributed by atoms with E-state index in [4.69, 9.17) is 9.47 Å². The summed E-state index contributed by atoms with van der Waals surface area (Å²) in [4.78, 5) is 27.7. The molecule has 2 aliphatic heterocycles. The number of piperidine rings is 1. The van der Waals surface area contributed by atoms with Crippen molar-refractivity contribution in [2.75, 3.05) is 13.1 Å². The molecule has 2 aromatic carbocycles. The van der Waals surface area contributed by atoms with Crippen molar-refractivity contribution in [2.45, 2.75) is 71.5 Å². The molecule has 4 rings (SSSR count). The Morgan fingerprint density at radius 2 is 1.69 bits per heavy atom. The lowest BCUT2D eigenvalue weighted by molar-refractivity contribution is -0.141. The van der Waals surface area contributed by atoms with Gasteiger partial charge >= 0.3 is 0 Å². The van der Waals surface area contributed by atoms with Gasteiger partial charge in [-0.05, 0) is 61.6 Å². The van der Waals surface area contributed by atoms with Gasteiger partial charge < -0.3 is 14.4 Å². The maximum atomic E-state index is 13.0. The lowest BCUT2D eigenvalue weighted by Gasteiger charge is -2.44. The van der Waals surface area contributed by atoms with Gasteiger partial charge in [0.05, 0.1) is 12.0 Å². The quantitative estimate of drug-likeness (QED) is 0.661. The van der Waals surface area contributed by atoms with E-state index in [0.29, 0.717) is 49.6 Å². The van der Waals surface area contributed by atoms with E-state index in [2.05, 4.69) is 13.8 Å². The number of Topliss-reactive ketones (excluding diaryl/α,β-unsaturated/α-hetero) is 1. The molecule has 0 bridgehead atoms. The first-order valence-electron chi connectivity index (χ1n) is 11.6. The normalized spacial score (nSPS) is 18.3. The first-order valence-corrected chi connectivity index (χ1v) is 11.6. The highest BCUT2D eigenvalue weighted by Gasteiger charge is 2.44. The summed E-state index contributed by atoms with van der Waals surface area (Å²) in [5, 5.41) is 0. The Balaban J connectivity index is 1.39. The number of benzene rings is 2. The molecule has 5 heteroatoms. The molecule has 1 amide bonds. The number of nitrogens with zero attached hydrogens (tertiary/aromatic N) is 1. The van der Waals surface area contributed by atoms with Crippen molar-refractivity contribution in [1.29, 1.82) is 0 Å². The van der Waals surface area contributed by atoms with Gasteiger partial charge in [0.15, 0.2) is 11.9 Å². The highest BCUT2D eigenvalue weighted by atomic mass is 16.5.